The smallest absolute Gasteiger partial charge is 0.334 e. The van der Waals surface area contributed by atoms with E-state index >= 15 is 0 Å². The lowest BCUT2D eigenvalue weighted by Crippen LogP contribution is -2.39. The summed E-state index contributed by atoms with van der Waals surface area (Å²) in [5, 5.41) is 0. The highest BCUT2D eigenvalue weighted by Gasteiger charge is 2.29. The monoisotopic (exact) mass is 234 g/mol. The Kier molecular flexibility index (Phi) is 8.27. The van der Waals surface area contributed by atoms with E-state index < -0.39 is 8.56 Å². The molecule has 0 heterocycles. The predicted molar refractivity (Wildman–Crippen MR) is 65.9 cm³/mol. The van der Waals surface area contributed by atoms with Crippen LogP contribution in [0, 0.1) is 0 Å². The first-order valence-electron chi connectivity index (χ1n) is 5.81. The molecule has 0 saturated carbocycles. The fourth-order valence-corrected chi connectivity index (χ4v) is 4.04. The fourth-order valence-electron chi connectivity index (χ4n) is 1.60. The van der Waals surface area contributed by atoms with Crippen molar-refractivity contribution in [3.63, 3.8) is 0 Å². The van der Waals surface area contributed by atoms with Gasteiger partial charge in [-0.05, 0) is 39.3 Å². The second-order valence-electron chi connectivity index (χ2n) is 3.89. The zero-order chi connectivity index (χ0) is 11.7. The molecule has 0 saturated heterocycles. The molecule has 0 aliphatic rings. The largest absolute Gasteiger partial charge is 0.395 e. The normalized spacial score (nSPS) is 14.2. The van der Waals surface area contributed by atoms with Crippen molar-refractivity contribution in [2.75, 3.05) is 19.8 Å². The quantitative estimate of drug-likeness (QED) is 0.588. The molecule has 4 nitrogen and oxygen atoms in total. The molecule has 15 heavy (non-hydrogen) atoms. The topological polar surface area (TPSA) is 70.5 Å². The zero-order valence-corrected chi connectivity index (χ0v) is 11.3. The van der Waals surface area contributed by atoms with Crippen molar-refractivity contribution in [2.45, 2.75) is 45.3 Å². The molecular weight excluding hydrogens is 208 g/mol. The van der Waals surface area contributed by atoms with Crippen LogP contribution in [0.3, 0.4) is 0 Å². The molecule has 4 N–H and O–H groups in total. The molecule has 5 heteroatoms. The minimum Gasteiger partial charge on any atom is -0.395 e. The Morgan fingerprint density at radius 3 is 2.13 bits per heavy atom. The van der Waals surface area contributed by atoms with Crippen LogP contribution in [0.2, 0.25) is 12.6 Å². The van der Waals surface area contributed by atoms with Crippen LogP contribution >= 0.6 is 0 Å². The van der Waals surface area contributed by atoms with Crippen LogP contribution in [-0.2, 0) is 8.85 Å². The Bertz CT molecular complexity index is 152. The molecule has 1 atom stereocenters. The van der Waals surface area contributed by atoms with Gasteiger partial charge in [0.05, 0.1) is 0 Å². The average molecular weight is 234 g/mol. The molecule has 0 spiro atoms. The molecule has 0 aliphatic heterocycles. The Balaban J connectivity index is 3.84. The van der Waals surface area contributed by atoms with Gasteiger partial charge in [0.15, 0.2) is 0 Å². The van der Waals surface area contributed by atoms with Crippen LogP contribution in [0.25, 0.3) is 0 Å². The minimum absolute atomic E-state index is 0.117. The third-order valence-electron chi connectivity index (χ3n) is 2.41. The zero-order valence-electron chi connectivity index (χ0n) is 10.3. The van der Waals surface area contributed by atoms with E-state index in [1.165, 1.54) is 0 Å². The van der Waals surface area contributed by atoms with E-state index in [4.69, 9.17) is 20.3 Å². The van der Waals surface area contributed by atoms with Crippen molar-refractivity contribution >= 4 is 8.56 Å². The number of hydrogen-bond donors (Lipinski definition) is 2. The van der Waals surface area contributed by atoms with Crippen molar-refractivity contribution in [2.24, 2.45) is 11.5 Å². The molecule has 92 valence electrons. The van der Waals surface area contributed by atoms with Gasteiger partial charge >= 0.3 is 8.56 Å². The van der Waals surface area contributed by atoms with Gasteiger partial charge in [0.1, 0.15) is 0 Å². The first-order valence-corrected chi connectivity index (χ1v) is 8.34. The molecule has 0 bridgehead atoms. The van der Waals surface area contributed by atoms with E-state index in [9.17, 15) is 0 Å². The van der Waals surface area contributed by atoms with Gasteiger partial charge in [0, 0.05) is 25.8 Å². The number of hydrogen-bond acceptors (Lipinski definition) is 4. The van der Waals surface area contributed by atoms with Gasteiger partial charge in [-0.3, -0.25) is 0 Å². The lowest BCUT2D eigenvalue weighted by molar-refractivity contribution is 0.188. The molecule has 0 aromatic rings. The van der Waals surface area contributed by atoms with Gasteiger partial charge in [-0.1, -0.05) is 0 Å². The van der Waals surface area contributed by atoms with Crippen LogP contribution in [0.4, 0.5) is 0 Å². The maximum absolute atomic E-state index is 5.76. The second kappa shape index (κ2) is 8.24. The average Bonchev–Trinajstić information content (AvgIpc) is 2.18. The SMILES string of the molecule is CCO[Si](C)(CCCC(N)CN)OCC. The number of nitrogens with two attached hydrogens (primary N) is 2. The molecule has 0 rings (SSSR count). The van der Waals surface area contributed by atoms with Crippen LogP contribution in [-0.4, -0.2) is 34.4 Å². The van der Waals surface area contributed by atoms with Crippen LogP contribution < -0.4 is 11.5 Å². The van der Waals surface area contributed by atoms with E-state index in [0.29, 0.717) is 6.54 Å². The maximum Gasteiger partial charge on any atom is 0.334 e. The summed E-state index contributed by atoms with van der Waals surface area (Å²) in [6, 6.07) is 1.12. The molecule has 0 fully saturated rings. The molecule has 0 aliphatic carbocycles. The number of rotatable bonds is 9. The standard InChI is InChI=1S/C10H26N2O2Si/c1-4-13-15(3,14-5-2)8-6-7-10(12)9-11/h10H,4-9,11-12H2,1-3H3. The fraction of sp³-hybridized carbons (Fsp3) is 1.00. The lowest BCUT2D eigenvalue weighted by Gasteiger charge is -2.26. The summed E-state index contributed by atoms with van der Waals surface area (Å²) < 4.78 is 11.5. The Hall–Kier alpha value is 0.0569. The highest BCUT2D eigenvalue weighted by molar-refractivity contribution is 6.66. The Labute approximate surface area is 94.6 Å². The summed E-state index contributed by atoms with van der Waals surface area (Å²) in [4.78, 5) is 0. The van der Waals surface area contributed by atoms with E-state index in [-0.39, 0.29) is 6.04 Å². The van der Waals surface area contributed by atoms with Crippen LogP contribution in [0.15, 0.2) is 0 Å². The molecule has 0 radical (unpaired) electrons. The maximum atomic E-state index is 5.76. The molecule has 0 aromatic carbocycles. The summed E-state index contributed by atoms with van der Waals surface area (Å²) in [5.41, 5.74) is 11.2. The Morgan fingerprint density at radius 1 is 1.20 bits per heavy atom. The Morgan fingerprint density at radius 2 is 1.73 bits per heavy atom. The van der Waals surface area contributed by atoms with Crippen molar-refractivity contribution in [3.05, 3.63) is 0 Å². The van der Waals surface area contributed by atoms with Crippen molar-refractivity contribution in [1.82, 2.24) is 0 Å². The summed E-state index contributed by atoms with van der Waals surface area (Å²) in [6.07, 6.45) is 2.00. The summed E-state index contributed by atoms with van der Waals surface area (Å²) in [6.45, 7) is 8.15. The van der Waals surface area contributed by atoms with E-state index in [1.807, 2.05) is 13.8 Å². The first kappa shape index (κ1) is 15.1. The van der Waals surface area contributed by atoms with Crippen molar-refractivity contribution in [3.8, 4) is 0 Å². The van der Waals surface area contributed by atoms with Crippen molar-refractivity contribution in [1.29, 1.82) is 0 Å². The van der Waals surface area contributed by atoms with Gasteiger partial charge in [0.2, 0.25) is 0 Å². The van der Waals surface area contributed by atoms with E-state index in [2.05, 4.69) is 6.55 Å². The van der Waals surface area contributed by atoms with Gasteiger partial charge in [-0.15, -0.1) is 0 Å². The van der Waals surface area contributed by atoms with Gasteiger partial charge < -0.3 is 20.3 Å². The minimum atomic E-state index is -1.93. The van der Waals surface area contributed by atoms with Crippen molar-refractivity contribution < 1.29 is 8.85 Å². The molecule has 0 amide bonds. The molecular formula is C10H26N2O2Si. The predicted octanol–water partition coefficient (Wildman–Crippen LogP) is 1.20. The third kappa shape index (κ3) is 7.02. The highest BCUT2D eigenvalue weighted by atomic mass is 28.4. The summed E-state index contributed by atoms with van der Waals surface area (Å²) in [5.74, 6) is 0. The molecule has 1 unspecified atom stereocenters. The van der Waals surface area contributed by atoms with E-state index in [0.717, 1.165) is 32.1 Å². The van der Waals surface area contributed by atoms with Gasteiger partial charge in [-0.25, -0.2) is 0 Å². The van der Waals surface area contributed by atoms with Crippen LogP contribution in [0.1, 0.15) is 26.7 Å². The van der Waals surface area contributed by atoms with E-state index in [1.54, 1.807) is 0 Å². The second-order valence-corrected chi connectivity index (χ2v) is 7.23. The van der Waals surface area contributed by atoms with Gasteiger partial charge in [0.25, 0.3) is 0 Å². The van der Waals surface area contributed by atoms with Gasteiger partial charge in [-0.2, -0.15) is 0 Å². The molecule has 0 aromatic heterocycles. The third-order valence-corrected chi connectivity index (χ3v) is 5.47. The lowest BCUT2D eigenvalue weighted by atomic mass is 10.2. The first-order chi connectivity index (χ1) is 7.08. The summed E-state index contributed by atoms with van der Waals surface area (Å²) in [7, 11) is -1.93. The summed E-state index contributed by atoms with van der Waals surface area (Å²) >= 11 is 0. The highest BCUT2D eigenvalue weighted by Crippen LogP contribution is 2.17. The van der Waals surface area contributed by atoms with Crippen LogP contribution in [0.5, 0.6) is 0 Å².